The molecule has 0 radical (unpaired) electrons. The van der Waals surface area contributed by atoms with Crippen LogP contribution in [0.3, 0.4) is 0 Å². The highest BCUT2D eigenvalue weighted by Crippen LogP contribution is 2.53. The number of carbonyl (C=O) groups excluding carboxylic acids is 1. The average molecular weight is 327 g/mol. The fourth-order valence-corrected chi connectivity index (χ4v) is 5.60. The predicted molar refractivity (Wildman–Crippen MR) is 93.8 cm³/mol. The lowest BCUT2D eigenvalue weighted by Gasteiger charge is -2.54. The third-order valence-electron chi connectivity index (χ3n) is 6.39. The Kier molecular flexibility index (Phi) is 3.70. The first-order valence-electron chi connectivity index (χ1n) is 9.46. The Morgan fingerprint density at radius 3 is 2.21 bits per heavy atom. The normalized spacial score (nSPS) is 34.4. The highest BCUT2D eigenvalue weighted by Gasteiger charge is 2.48. The van der Waals surface area contributed by atoms with Crippen LogP contribution in [0.4, 0.5) is 0 Å². The topological polar surface area (TPSA) is 54.9 Å². The van der Waals surface area contributed by atoms with Gasteiger partial charge in [-0.25, -0.2) is 9.97 Å². The van der Waals surface area contributed by atoms with Gasteiger partial charge in [0, 0.05) is 17.7 Å². The molecular formula is C20H29N3O. The van der Waals surface area contributed by atoms with Crippen LogP contribution in [-0.2, 0) is 5.41 Å². The van der Waals surface area contributed by atoms with Gasteiger partial charge in [0.25, 0.3) is 5.91 Å². The molecule has 0 atom stereocenters. The summed E-state index contributed by atoms with van der Waals surface area (Å²) in [6, 6.07) is 0.361. The van der Waals surface area contributed by atoms with E-state index in [1.807, 2.05) is 6.92 Å². The zero-order valence-corrected chi connectivity index (χ0v) is 15.3. The van der Waals surface area contributed by atoms with Crippen molar-refractivity contribution in [1.82, 2.24) is 15.3 Å². The van der Waals surface area contributed by atoms with Crippen LogP contribution in [0.25, 0.3) is 0 Å². The fourth-order valence-electron chi connectivity index (χ4n) is 5.60. The molecule has 1 aromatic heterocycles. The van der Waals surface area contributed by atoms with E-state index in [2.05, 4.69) is 36.1 Å². The van der Waals surface area contributed by atoms with Gasteiger partial charge in [0.15, 0.2) is 0 Å². The molecule has 4 saturated carbocycles. The summed E-state index contributed by atoms with van der Waals surface area (Å²) in [5.41, 5.74) is 1.35. The van der Waals surface area contributed by atoms with Crippen molar-refractivity contribution >= 4 is 5.91 Å². The summed E-state index contributed by atoms with van der Waals surface area (Å²) in [7, 11) is 0. The van der Waals surface area contributed by atoms with E-state index in [0.29, 0.717) is 23.4 Å². The highest BCUT2D eigenvalue weighted by atomic mass is 16.1. The van der Waals surface area contributed by atoms with Crippen molar-refractivity contribution in [3.05, 3.63) is 23.3 Å². The fraction of sp³-hybridized carbons (Fsp3) is 0.750. The number of hydrogen-bond donors (Lipinski definition) is 1. The van der Waals surface area contributed by atoms with Gasteiger partial charge >= 0.3 is 0 Å². The molecule has 130 valence electrons. The van der Waals surface area contributed by atoms with Gasteiger partial charge in [0.05, 0.1) is 11.3 Å². The summed E-state index contributed by atoms with van der Waals surface area (Å²) in [5, 5.41) is 3.39. The Morgan fingerprint density at radius 2 is 1.67 bits per heavy atom. The largest absolute Gasteiger partial charge is 0.349 e. The van der Waals surface area contributed by atoms with E-state index in [1.165, 1.54) is 32.1 Å². The Morgan fingerprint density at radius 1 is 1.08 bits per heavy atom. The van der Waals surface area contributed by atoms with Crippen LogP contribution in [0.15, 0.2) is 6.20 Å². The van der Waals surface area contributed by atoms with Crippen LogP contribution in [-0.4, -0.2) is 21.9 Å². The van der Waals surface area contributed by atoms with Crippen LogP contribution in [0.1, 0.15) is 74.8 Å². The first-order chi connectivity index (χ1) is 11.3. The highest BCUT2D eigenvalue weighted by molar-refractivity contribution is 5.95. The van der Waals surface area contributed by atoms with Gasteiger partial charge in [-0.3, -0.25) is 4.79 Å². The van der Waals surface area contributed by atoms with Crippen molar-refractivity contribution in [3.63, 3.8) is 0 Å². The maximum Gasteiger partial charge on any atom is 0.254 e. The Bertz CT molecular complexity index is 633. The van der Waals surface area contributed by atoms with Crippen molar-refractivity contribution in [1.29, 1.82) is 0 Å². The summed E-state index contributed by atoms with van der Waals surface area (Å²) in [5.74, 6) is 3.98. The van der Waals surface area contributed by atoms with Crippen LogP contribution >= 0.6 is 0 Å². The first kappa shape index (κ1) is 16.0. The number of rotatable bonds is 2. The standard InChI is InChI=1S/C20H29N3O/c1-11-21-10-16(18(22-11)20(2,3)4)19(24)23-17-14-6-12-5-13(8-14)9-15(17)7-12/h10,12-15,17H,5-9H2,1-4H3,(H,23,24). The molecule has 4 fully saturated rings. The summed E-state index contributed by atoms with van der Waals surface area (Å²) >= 11 is 0. The van der Waals surface area contributed by atoms with E-state index < -0.39 is 0 Å². The molecule has 0 aromatic carbocycles. The van der Waals surface area contributed by atoms with Crippen LogP contribution in [0.5, 0.6) is 0 Å². The van der Waals surface area contributed by atoms with Gasteiger partial charge in [-0.2, -0.15) is 0 Å². The quantitative estimate of drug-likeness (QED) is 0.902. The van der Waals surface area contributed by atoms with Gasteiger partial charge in [-0.15, -0.1) is 0 Å². The molecule has 1 aromatic rings. The van der Waals surface area contributed by atoms with Gasteiger partial charge in [0.2, 0.25) is 0 Å². The Hall–Kier alpha value is -1.45. The van der Waals surface area contributed by atoms with E-state index in [4.69, 9.17) is 0 Å². The van der Waals surface area contributed by atoms with Gasteiger partial charge in [-0.05, 0) is 62.7 Å². The Labute approximate surface area is 144 Å². The maximum absolute atomic E-state index is 13.0. The summed E-state index contributed by atoms with van der Waals surface area (Å²) in [6.07, 6.45) is 8.41. The maximum atomic E-state index is 13.0. The SMILES string of the molecule is Cc1ncc(C(=O)NC2C3CC4CC(C3)CC2C4)c(C(C)(C)C)n1. The number of aromatic nitrogens is 2. The number of hydrogen-bond acceptors (Lipinski definition) is 3. The van der Waals surface area contributed by atoms with Crippen molar-refractivity contribution < 1.29 is 4.79 Å². The molecule has 0 saturated heterocycles. The minimum Gasteiger partial charge on any atom is -0.349 e. The molecule has 4 bridgehead atoms. The van der Waals surface area contributed by atoms with Crippen LogP contribution in [0.2, 0.25) is 0 Å². The third kappa shape index (κ3) is 2.74. The van der Waals surface area contributed by atoms with Gasteiger partial charge in [0.1, 0.15) is 5.82 Å². The molecular weight excluding hydrogens is 298 g/mol. The van der Waals surface area contributed by atoms with Crippen LogP contribution in [0, 0.1) is 30.6 Å². The summed E-state index contributed by atoms with van der Waals surface area (Å²) < 4.78 is 0. The summed E-state index contributed by atoms with van der Waals surface area (Å²) in [4.78, 5) is 21.9. The molecule has 4 nitrogen and oxygen atoms in total. The van der Waals surface area contributed by atoms with E-state index in [-0.39, 0.29) is 11.3 Å². The van der Waals surface area contributed by atoms with E-state index in [9.17, 15) is 4.79 Å². The smallest absolute Gasteiger partial charge is 0.254 e. The third-order valence-corrected chi connectivity index (χ3v) is 6.39. The van der Waals surface area contributed by atoms with E-state index in [0.717, 1.165) is 23.4 Å². The lowest BCUT2D eigenvalue weighted by molar-refractivity contribution is -0.0119. The zero-order chi connectivity index (χ0) is 17.1. The lowest BCUT2D eigenvalue weighted by atomic mass is 9.54. The van der Waals surface area contributed by atoms with E-state index in [1.54, 1.807) is 6.20 Å². The number of nitrogens with one attached hydrogen (secondary N) is 1. The van der Waals surface area contributed by atoms with Crippen molar-refractivity contribution in [2.45, 2.75) is 71.3 Å². The molecule has 1 heterocycles. The molecule has 5 rings (SSSR count). The molecule has 0 aliphatic heterocycles. The molecule has 1 amide bonds. The number of nitrogens with zero attached hydrogens (tertiary/aromatic N) is 2. The predicted octanol–water partition coefficient (Wildman–Crippen LogP) is 3.64. The van der Waals surface area contributed by atoms with Crippen molar-refractivity contribution in [3.8, 4) is 0 Å². The minimum absolute atomic E-state index is 0.0254. The number of aryl methyl sites for hydroxylation is 1. The van der Waals surface area contributed by atoms with Crippen LogP contribution < -0.4 is 5.32 Å². The zero-order valence-electron chi connectivity index (χ0n) is 15.3. The van der Waals surface area contributed by atoms with Crippen molar-refractivity contribution in [2.24, 2.45) is 23.7 Å². The second-order valence-corrected chi connectivity index (χ2v) is 9.36. The number of carbonyl (C=O) groups is 1. The second-order valence-electron chi connectivity index (χ2n) is 9.36. The Balaban J connectivity index is 1.57. The van der Waals surface area contributed by atoms with E-state index >= 15 is 0 Å². The molecule has 4 heteroatoms. The lowest BCUT2D eigenvalue weighted by Crippen LogP contribution is -2.56. The van der Waals surface area contributed by atoms with Gasteiger partial charge in [-0.1, -0.05) is 20.8 Å². The molecule has 4 aliphatic carbocycles. The van der Waals surface area contributed by atoms with Crippen molar-refractivity contribution in [2.75, 3.05) is 0 Å². The number of amides is 1. The molecule has 0 unspecified atom stereocenters. The molecule has 0 spiro atoms. The molecule has 24 heavy (non-hydrogen) atoms. The molecule has 4 aliphatic rings. The second kappa shape index (κ2) is 5.53. The van der Waals surface area contributed by atoms with Gasteiger partial charge < -0.3 is 5.32 Å². The first-order valence-corrected chi connectivity index (χ1v) is 9.46. The molecule has 1 N–H and O–H groups in total. The summed E-state index contributed by atoms with van der Waals surface area (Å²) in [6.45, 7) is 8.20. The monoisotopic (exact) mass is 327 g/mol. The minimum atomic E-state index is -0.162. The average Bonchev–Trinajstić information content (AvgIpc) is 2.49.